The van der Waals surface area contributed by atoms with Gasteiger partial charge in [0.25, 0.3) is 5.91 Å². The molecule has 0 aliphatic carbocycles. The molecule has 0 aliphatic rings. The molecule has 1 amide bonds. The lowest BCUT2D eigenvalue weighted by atomic mass is 10.1. The van der Waals surface area contributed by atoms with Crippen molar-refractivity contribution in [3.63, 3.8) is 0 Å². The highest BCUT2D eigenvalue weighted by atomic mass is 19.1. The Labute approximate surface area is 118 Å². The molecule has 0 saturated heterocycles. The van der Waals surface area contributed by atoms with E-state index < -0.39 is 11.9 Å². The number of nitrogens with one attached hydrogen (secondary N) is 1. The van der Waals surface area contributed by atoms with Crippen LogP contribution in [0.2, 0.25) is 0 Å². The minimum atomic E-state index is -0.863. The second kappa shape index (κ2) is 7.62. The van der Waals surface area contributed by atoms with E-state index in [1.54, 1.807) is 0 Å². The van der Waals surface area contributed by atoms with E-state index in [1.807, 2.05) is 0 Å². The Balaban J connectivity index is 2.64. The van der Waals surface area contributed by atoms with Crippen LogP contribution in [0.1, 0.15) is 37.6 Å². The van der Waals surface area contributed by atoms with Gasteiger partial charge in [0.05, 0.1) is 5.56 Å². The molecule has 1 atom stereocenters. The van der Waals surface area contributed by atoms with Gasteiger partial charge < -0.3 is 10.1 Å². The highest BCUT2D eigenvalue weighted by Crippen LogP contribution is 2.22. The molecular formula is C15H20FNO3. The minimum absolute atomic E-state index is 0.0897. The number of aldehydes is 1. The molecule has 0 aliphatic heterocycles. The van der Waals surface area contributed by atoms with E-state index in [1.165, 1.54) is 25.1 Å². The Hall–Kier alpha value is -1.91. The SMILES string of the molecule is CC(C)CCNC(=O)C(C)Oc1c(F)cccc1C=O. The predicted molar refractivity (Wildman–Crippen MR) is 74.3 cm³/mol. The summed E-state index contributed by atoms with van der Waals surface area (Å²) < 4.78 is 18.9. The summed E-state index contributed by atoms with van der Waals surface area (Å²) in [6.07, 6.45) is 0.497. The van der Waals surface area contributed by atoms with Crippen molar-refractivity contribution in [1.82, 2.24) is 5.32 Å². The molecule has 0 fully saturated rings. The fourth-order valence-corrected chi connectivity index (χ4v) is 1.60. The number of hydrogen-bond donors (Lipinski definition) is 1. The second-order valence-corrected chi connectivity index (χ2v) is 5.01. The maximum Gasteiger partial charge on any atom is 0.260 e. The monoisotopic (exact) mass is 281 g/mol. The number of ether oxygens (including phenoxy) is 1. The summed E-state index contributed by atoms with van der Waals surface area (Å²) in [5.41, 5.74) is 0.0897. The summed E-state index contributed by atoms with van der Waals surface area (Å²) in [4.78, 5) is 22.6. The van der Waals surface area contributed by atoms with Crippen molar-refractivity contribution in [2.24, 2.45) is 5.92 Å². The maximum absolute atomic E-state index is 13.6. The van der Waals surface area contributed by atoms with Crippen LogP contribution in [-0.4, -0.2) is 24.8 Å². The van der Waals surface area contributed by atoms with Crippen molar-refractivity contribution in [1.29, 1.82) is 0 Å². The van der Waals surface area contributed by atoms with E-state index in [0.29, 0.717) is 18.7 Å². The average molecular weight is 281 g/mol. The molecule has 0 saturated carbocycles. The maximum atomic E-state index is 13.6. The van der Waals surface area contributed by atoms with Gasteiger partial charge in [0, 0.05) is 6.54 Å². The first kappa shape index (κ1) is 16.1. The minimum Gasteiger partial charge on any atom is -0.477 e. The third-order valence-corrected chi connectivity index (χ3v) is 2.81. The first-order valence-electron chi connectivity index (χ1n) is 6.63. The lowest BCUT2D eigenvalue weighted by Crippen LogP contribution is -2.37. The molecule has 0 aromatic heterocycles. The third kappa shape index (κ3) is 4.64. The molecule has 4 nitrogen and oxygen atoms in total. The van der Waals surface area contributed by atoms with Crippen molar-refractivity contribution < 1.29 is 18.7 Å². The van der Waals surface area contributed by atoms with Crippen LogP contribution < -0.4 is 10.1 Å². The van der Waals surface area contributed by atoms with Crippen LogP contribution in [0.3, 0.4) is 0 Å². The van der Waals surface area contributed by atoms with Gasteiger partial charge in [0.1, 0.15) is 0 Å². The fraction of sp³-hybridized carbons (Fsp3) is 0.467. The van der Waals surface area contributed by atoms with Crippen LogP contribution in [0.4, 0.5) is 4.39 Å². The van der Waals surface area contributed by atoms with Crippen LogP contribution in [-0.2, 0) is 4.79 Å². The van der Waals surface area contributed by atoms with Crippen molar-refractivity contribution >= 4 is 12.2 Å². The number of carbonyl (C=O) groups excluding carboxylic acids is 2. The van der Waals surface area contributed by atoms with Gasteiger partial charge in [-0.15, -0.1) is 0 Å². The van der Waals surface area contributed by atoms with E-state index in [9.17, 15) is 14.0 Å². The first-order chi connectivity index (χ1) is 9.45. The molecule has 0 spiro atoms. The number of para-hydroxylation sites is 1. The van der Waals surface area contributed by atoms with Gasteiger partial charge in [-0.05, 0) is 31.4 Å². The Kier molecular flexibility index (Phi) is 6.15. The number of halogens is 1. The normalized spacial score (nSPS) is 12.1. The quantitative estimate of drug-likeness (QED) is 0.781. The zero-order valence-corrected chi connectivity index (χ0v) is 12.0. The van der Waals surface area contributed by atoms with Gasteiger partial charge in [-0.2, -0.15) is 0 Å². The molecule has 110 valence electrons. The molecule has 1 aromatic carbocycles. The Morgan fingerprint density at radius 2 is 2.10 bits per heavy atom. The van der Waals surface area contributed by atoms with Gasteiger partial charge in [-0.1, -0.05) is 19.9 Å². The third-order valence-electron chi connectivity index (χ3n) is 2.81. The van der Waals surface area contributed by atoms with Crippen LogP contribution in [0.5, 0.6) is 5.75 Å². The van der Waals surface area contributed by atoms with Gasteiger partial charge >= 0.3 is 0 Å². The number of amides is 1. The smallest absolute Gasteiger partial charge is 0.260 e. The fourth-order valence-electron chi connectivity index (χ4n) is 1.60. The molecular weight excluding hydrogens is 261 g/mol. The summed E-state index contributed by atoms with van der Waals surface area (Å²) in [5.74, 6) is -0.684. The van der Waals surface area contributed by atoms with E-state index in [0.717, 1.165) is 6.42 Å². The van der Waals surface area contributed by atoms with Gasteiger partial charge in [0.2, 0.25) is 0 Å². The van der Waals surface area contributed by atoms with Gasteiger partial charge in [-0.25, -0.2) is 4.39 Å². The highest BCUT2D eigenvalue weighted by Gasteiger charge is 2.18. The second-order valence-electron chi connectivity index (χ2n) is 5.01. The number of carbonyl (C=O) groups is 2. The standard InChI is InChI=1S/C15H20FNO3/c1-10(2)7-8-17-15(19)11(3)20-14-12(9-18)5-4-6-13(14)16/h4-6,9-11H,7-8H2,1-3H3,(H,17,19). The van der Waals surface area contributed by atoms with Crippen LogP contribution in [0, 0.1) is 11.7 Å². The van der Waals surface area contributed by atoms with E-state index in [-0.39, 0.29) is 17.2 Å². The molecule has 1 rings (SSSR count). The van der Waals surface area contributed by atoms with E-state index >= 15 is 0 Å². The molecule has 20 heavy (non-hydrogen) atoms. The van der Waals surface area contributed by atoms with Crippen molar-refractivity contribution in [3.05, 3.63) is 29.6 Å². The average Bonchev–Trinajstić information content (AvgIpc) is 2.40. The van der Waals surface area contributed by atoms with Gasteiger partial charge in [-0.3, -0.25) is 9.59 Å². The number of benzene rings is 1. The van der Waals surface area contributed by atoms with Crippen molar-refractivity contribution in [3.8, 4) is 5.75 Å². The topological polar surface area (TPSA) is 55.4 Å². The molecule has 1 aromatic rings. The lowest BCUT2D eigenvalue weighted by Gasteiger charge is -2.16. The van der Waals surface area contributed by atoms with Crippen LogP contribution in [0.15, 0.2) is 18.2 Å². The number of hydrogen-bond acceptors (Lipinski definition) is 3. The molecule has 1 N–H and O–H groups in total. The molecule has 0 heterocycles. The summed E-state index contributed by atoms with van der Waals surface area (Å²) >= 11 is 0. The van der Waals surface area contributed by atoms with Crippen LogP contribution in [0.25, 0.3) is 0 Å². The van der Waals surface area contributed by atoms with E-state index in [4.69, 9.17) is 4.74 Å². The molecule has 1 unspecified atom stereocenters. The summed E-state index contributed by atoms with van der Waals surface area (Å²) in [6, 6.07) is 4.04. The van der Waals surface area contributed by atoms with Crippen LogP contribution >= 0.6 is 0 Å². The largest absolute Gasteiger partial charge is 0.477 e. The lowest BCUT2D eigenvalue weighted by molar-refractivity contribution is -0.127. The number of rotatable bonds is 7. The summed E-state index contributed by atoms with van der Waals surface area (Å²) in [7, 11) is 0. The van der Waals surface area contributed by atoms with E-state index in [2.05, 4.69) is 19.2 Å². The van der Waals surface area contributed by atoms with Crippen molar-refractivity contribution in [2.75, 3.05) is 6.54 Å². The zero-order chi connectivity index (χ0) is 15.1. The summed E-state index contributed by atoms with van der Waals surface area (Å²) in [5, 5.41) is 2.72. The summed E-state index contributed by atoms with van der Waals surface area (Å²) in [6.45, 7) is 6.18. The van der Waals surface area contributed by atoms with Crippen molar-refractivity contribution in [2.45, 2.75) is 33.3 Å². The zero-order valence-electron chi connectivity index (χ0n) is 12.0. The Bertz CT molecular complexity index is 474. The Morgan fingerprint density at radius 3 is 2.70 bits per heavy atom. The molecule has 0 bridgehead atoms. The Morgan fingerprint density at radius 1 is 1.40 bits per heavy atom. The highest BCUT2D eigenvalue weighted by molar-refractivity contribution is 5.82. The van der Waals surface area contributed by atoms with Gasteiger partial charge in [0.15, 0.2) is 24.0 Å². The predicted octanol–water partition coefficient (Wildman–Crippen LogP) is 2.57. The molecule has 5 heteroatoms. The first-order valence-corrected chi connectivity index (χ1v) is 6.63. The molecule has 0 radical (unpaired) electrons.